The average Bonchev–Trinajstić information content (AvgIpc) is 2.82. The zero-order valence-corrected chi connectivity index (χ0v) is 21.2. The number of carbonyl (C=O) groups excluding carboxylic acids is 2. The van der Waals surface area contributed by atoms with E-state index in [4.69, 9.17) is 0 Å². The van der Waals surface area contributed by atoms with Gasteiger partial charge >= 0.3 is 0 Å². The Bertz CT molecular complexity index is 843. The summed E-state index contributed by atoms with van der Waals surface area (Å²) in [4.78, 5) is 29.1. The van der Waals surface area contributed by atoms with Gasteiger partial charge in [0.2, 0.25) is 5.91 Å². The summed E-state index contributed by atoms with van der Waals surface area (Å²) in [5.41, 5.74) is 1.01. The van der Waals surface area contributed by atoms with Gasteiger partial charge in [-0.2, -0.15) is 0 Å². The van der Waals surface area contributed by atoms with Crippen LogP contribution in [-0.2, 0) is 4.79 Å². The minimum Gasteiger partial charge on any atom is -0.349 e. The van der Waals surface area contributed by atoms with E-state index in [2.05, 4.69) is 12.2 Å². The van der Waals surface area contributed by atoms with Crippen LogP contribution in [0.2, 0.25) is 0 Å². The molecule has 1 N–H and O–H groups in total. The van der Waals surface area contributed by atoms with Crippen molar-refractivity contribution in [1.82, 2.24) is 10.2 Å². The zero-order valence-electron chi connectivity index (χ0n) is 20.4. The SMILES string of the molecule is C[C@@H](NC(=O)c1ccccc1SCC(=O)N(C)C1CCCCC1)C12CC3CC(CC(C3)C1)C2. The summed E-state index contributed by atoms with van der Waals surface area (Å²) in [6.07, 6.45) is 14.1. The maximum Gasteiger partial charge on any atom is 0.252 e. The maximum atomic E-state index is 13.4. The number of amides is 2. The van der Waals surface area contributed by atoms with Crippen molar-refractivity contribution in [2.75, 3.05) is 12.8 Å². The number of rotatable bonds is 7. The minimum atomic E-state index is 0.0226. The Balaban J connectivity index is 1.21. The van der Waals surface area contributed by atoms with Crippen LogP contribution < -0.4 is 5.32 Å². The maximum absolute atomic E-state index is 13.4. The van der Waals surface area contributed by atoms with Gasteiger partial charge in [0.05, 0.1) is 11.3 Å². The summed E-state index contributed by atoms with van der Waals surface area (Å²) in [5.74, 6) is 3.22. The molecule has 0 aliphatic heterocycles. The lowest BCUT2D eigenvalue weighted by Crippen LogP contribution is -2.55. The van der Waals surface area contributed by atoms with Gasteiger partial charge < -0.3 is 10.2 Å². The van der Waals surface area contributed by atoms with E-state index in [9.17, 15) is 9.59 Å². The van der Waals surface area contributed by atoms with Crippen molar-refractivity contribution >= 4 is 23.6 Å². The Morgan fingerprint density at radius 3 is 2.27 bits per heavy atom. The number of nitrogens with one attached hydrogen (secondary N) is 1. The molecule has 0 radical (unpaired) electrons. The second kappa shape index (κ2) is 9.64. The summed E-state index contributed by atoms with van der Waals surface area (Å²) in [6, 6.07) is 8.39. The van der Waals surface area contributed by atoms with Crippen LogP contribution >= 0.6 is 11.8 Å². The van der Waals surface area contributed by atoms with Gasteiger partial charge in [-0.15, -0.1) is 11.8 Å². The van der Waals surface area contributed by atoms with Gasteiger partial charge in [0.1, 0.15) is 0 Å². The van der Waals surface area contributed by atoms with Gasteiger partial charge in [-0.1, -0.05) is 31.4 Å². The van der Waals surface area contributed by atoms with E-state index in [-0.39, 0.29) is 17.9 Å². The Morgan fingerprint density at radius 2 is 1.64 bits per heavy atom. The molecule has 5 fully saturated rings. The largest absolute Gasteiger partial charge is 0.349 e. The highest BCUT2D eigenvalue weighted by Gasteiger charge is 2.53. The fourth-order valence-electron chi connectivity index (χ4n) is 7.83. The number of benzene rings is 1. The molecular weight excluding hydrogens is 428 g/mol. The van der Waals surface area contributed by atoms with Crippen molar-refractivity contribution in [2.24, 2.45) is 23.2 Å². The number of carbonyl (C=O) groups is 2. The average molecular weight is 469 g/mol. The van der Waals surface area contributed by atoms with Gasteiger partial charge in [0.15, 0.2) is 0 Å². The van der Waals surface area contributed by atoms with Crippen LogP contribution in [0.4, 0.5) is 0 Å². The van der Waals surface area contributed by atoms with E-state index >= 15 is 0 Å². The lowest BCUT2D eigenvalue weighted by Gasteiger charge is -2.59. The van der Waals surface area contributed by atoms with Gasteiger partial charge in [-0.3, -0.25) is 9.59 Å². The lowest BCUT2D eigenvalue weighted by molar-refractivity contribution is -0.129. The number of hydrogen-bond donors (Lipinski definition) is 1. The highest BCUT2D eigenvalue weighted by atomic mass is 32.2. The van der Waals surface area contributed by atoms with Crippen LogP contribution in [0.15, 0.2) is 29.2 Å². The standard InChI is InChI=1S/C28H40N2O2S/c1-19(28-15-20-12-21(16-28)14-22(13-20)17-28)29-27(32)24-10-6-7-11-25(24)33-18-26(31)30(2)23-8-4-3-5-9-23/h6-7,10-11,19-23H,3-5,8-9,12-18H2,1-2H3,(H,29,32)/t19-,20?,21?,22?,28?/m1/s1. The Labute approximate surface area is 203 Å². The smallest absolute Gasteiger partial charge is 0.252 e. The molecule has 1 aromatic rings. The Morgan fingerprint density at radius 1 is 1.03 bits per heavy atom. The third kappa shape index (κ3) is 4.85. The normalized spacial score (nSPS) is 31.9. The lowest BCUT2D eigenvalue weighted by atomic mass is 9.48. The second-order valence-corrected chi connectivity index (χ2v) is 12.6. The third-order valence-electron chi connectivity index (χ3n) is 9.35. The highest BCUT2D eigenvalue weighted by Crippen LogP contribution is 2.61. The summed E-state index contributed by atoms with van der Waals surface area (Å²) in [7, 11) is 1.95. The van der Waals surface area contributed by atoms with E-state index in [0.717, 1.165) is 35.5 Å². The van der Waals surface area contributed by atoms with E-state index in [0.29, 0.717) is 22.8 Å². The number of hydrogen-bond acceptors (Lipinski definition) is 3. The molecule has 4 nitrogen and oxygen atoms in total. The first-order valence-electron chi connectivity index (χ1n) is 13.2. The summed E-state index contributed by atoms with van der Waals surface area (Å²) in [6.45, 7) is 2.24. The molecule has 6 rings (SSSR count). The molecule has 4 bridgehead atoms. The van der Waals surface area contributed by atoms with Gasteiger partial charge in [-0.05, 0) is 93.6 Å². The molecule has 5 aliphatic carbocycles. The summed E-state index contributed by atoms with van der Waals surface area (Å²) < 4.78 is 0. The Kier molecular flexibility index (Phi) is 6.79. The minimum absolute atomic E-state index is 0.0226. The van der Waals surface area contributed by atoms with E-state index < -0.39 is 0 Å². The zero-order chi connectivity index (χ0) is 23.0. The molecule has 2 amide bonds. The molecule has 0 saturated heterocycles. The monoisotopic (exact) mass is 468 g/mol. The summed E-state index contributed by atoms with van der Waals surface area (Å²) in [5, 5.41) is 3.41. The van der Waals surface area contributed by atoms with Crippen molar-refractivity contribution in [3.63, 3.8) is 0 Å². The van der Waals surface area contributed by atoms with Gasteiger partial charge in [0, 0.05) is 24.0 Å². The van der Waals surface area contributed by atoms with E-state index in [1.54, 1.807) is 0 Å². The van der Waals surface area contributed by atoms with Crippen molar-refractivity contribution in [1.29, 1.82) is 0 Å². The van der Waals surface area contributed by atoms with Gasteiger partial charge in [-0.25, -0.2) is 0 Å². The van der Waals surface area contributed by atoms with Crippen LogP contribution in [0, 0.1) is 23.2 Å². The first-order valence-corrected chi connectivity index (χ1v) is 14.2. The number of thioether (sulfide) groups is 1. The topological polar surface area (TPSA) is 49.4 Å². The predicted octanol–water partition coefficient (Wildman–Crippen LogP) is 5.90. The molecule has 0 spiro atoms. The van der Waals surface area contributed by atoms with Crippen LogP contribution in [-0.4, -0.2) is 41.6 Å². The van der Waals surface area contributed by atoms with E-state index in [1.165, 1.54) is 69.5 Å². The first kappa shape index (κ1) is 23.3. The quantitative estimate of drug-likeness (QED) is 0.507. The molecule has 5 saturated carbocycles. The molecule has 0 aromatic heterocycles. The van der Waals surface area contributed by atoms with Crippen LogP contribution in [0.25, 0.3) is 0 Å². The molecule has 1 atom stereocenters. The second-order valence-electron chi connectivity index (χ2n) is 11.6. The molecule has 5 aliphatic rings. The molecule has 5 heteroatoms. The van der Waals surface area contributed by atoms with Crippen LogP contribution in [0.1, 0.15) is 87.9 Å². The predicted molar refractivity (Wildman–Crippen MR) is 134 cm³/mol. The Hall–Kier alpha value is -1.49. The van der Waals surface area contributed by atoms with Gasteiger partial charge in [0.25, 0.3) is 5.91 Å². The molecule has 1 aromatic carbocycles. The molecule has 180 valence electrons. The molecular formula is C28H40N2O2S. The fraction of sp³-hybridized carbons (Fsp3) is 0.714. The van der Waals surface area contributed by atoms with Crippen molar-refractivity contribution in [3.8, 4) is 0 Å². The molecule has 33 heavy (non-hydrogen) atoms. The molecule has 0 unspecified atom stereocenters. The van der Waals surface area contributed by atoms with Crippen LogP contribution in [0.5, 0.6) is 0 Å². The van der Waals surface area contributed by atoms with Crippen molar-refractivity contribution in [3.05, 3.63) is 29.8 Å². The highest BCUT2D eigenvalue weighted by molar-refractivity contribution is 8.00. The van der Waals surface area contributed by atoms with E-state index in [1.807, 2.05) is 36.2 Å². The van der Waals surface area contributed by atoms with Crippen LogP contribution in [0.3, 0.4) is 0 Å². The fourth-order valence-corrected chi connectivity index (χ4v) is 8.80. The summed E-state index contributed by atoms with van der Waals surface area (Å²) >= 11 is 1.51. The van der Waals surface area contributed by atoms with Crippen molar-refractivity contribution in [2.45, 2.75) is 94.5 Å². The third-order valence-corrected chi connectivity index (χ3v) is 10.4. The van der Waals surface area contributed by atoms with Crippen molar-refractivity contribution < 1.29 is 9.59 Å². The first-order chi connectivity index (χ1) is 15.9. The number of nitrogens with zero attached hydrogens (tertiary/aromatic N) is 1. The molecule has 0 heterocycles.